The van der Waals surface area contributed by atoms with Gasteiger partial charge in [0.2, 0.25) is 0 Å². The minimum atomic E-state index is -0.355. The first-order chi connectivity index (χ1) is 11.5. The third kappa shape index (κ3) is 2.74. The van der Waals surface area contributed by atoms with Gasteiger partial charge in [-0.2, -0.15) is 0 Å². The fraction of sp³-hybridized carbons (Fsp3) is 0.111. The molecule has 24 heavy (non-hydrogen) atoms. The Morgan fingerprint density at radius 3 is 2.58 bits per heavy atom. The Balaban J connectivity index is 1.99. The van der Waals surface area contributed by atoms with Crippen LogP contribution in [0.4, 0.5) is 5.69 Å². The van der Waals surface area contributed by atoms with Crippen molar-refractivity contribution in [1.82, 2.24) is 0 Å². The number of para-hydroxylation sites is 1. The molecule has 2 aromatic carbocycles. The second-order valence-corrected chi connectivity index (χ2v) is 5.52. The number of allylic oxidation sites excluding steroid dienone is 1. The standard InChI is InChI=1S/C18H14ClNO4/c1-23-15-7-6-10(8-16(15)24-2)14(21)9-12-11-4-3-5-13(19)17(11)20-18(12)22/h3-9H,1-2H3,(H,20,22)/b12-9-. The molecule has 0 fully saturated rings. The average molecular weight is 344 g/mol. The molecule has 0 saturated heterocycles. The minimum absolute atomic E-state index is 0.285. The predicted molar refractivity (Wildman–Crippen MR) is 91.9 cm³/mol. The van der Waals surface area contributed by atoms with Gasteiger partial charge in [-0.15, -0.1) is 0 Å². The Morgan fingerprint density at radius 1 is 1.12 bits per heavy atom. The summed E-state index contributed by atoms with van der Waals surface area (Å²) in [6.07, 6.45) is 1.30. The fourth-order valence-corrected chi connectivity index (χ4v) is 2.75. The van der Waals surface area contributed by atoms with Crippen LogP contribution in [0.1, 0.15) is 15.9 Å². The number of anilines is 1. The topological polar surface area (TPSA) is 64.6 Å². The van der Waals surface area contributed by atoms with Gasteiger partial charge in [0.1, 0.15) is 0 Å². The van der Waals surface area contributed by atoms with Crippen LogP contribution < -0.4 is 14.8 Å². The summed E-state index contributed by atoms with van der Waals surface area (Å²) < 4.78 is 10.3. The van der Waals surface area contributed by atoms with Gasteiger partial charge in [-0.25, -0.2) is 0 Å². The van der Waals surface area contributed by atoms with Gasteiger partial charge >= 0.3 is 0 Å². The van der Waals surface area contributed by atoms with Crippen molar-refractivity contribution < 1.29 is 19.1 Å². The van der Waals surface area contributed by atoms with Crippen molar-refractivity contribution in [1.29, 1.82) is 0 Å². The van der Waals surface area contributed by atoms with Gasteiger partial charge in [0, 0.05) is 11.1 Å². The van der Waals surface area contributed by atoms with Crippen molar-refractivity contribution in [3.05, 3.63) is 58.6 Å². The Morgan fingerprint density at radius 2 is 1.88 bits per heavy atom. The normalized spacial score (nSPS) is 14.3. The van der Waals surface area contributed by atoms with Crippen molar-refractivity contribution in [2.24, 2.45) is 0 Å². The molecule has 1 heterocycles. The van der Waals surface area contributed by atoms with E-state index >= 15 is 0 Å². The number of ether oxygens (including phenoxy) is 2. The zero-order valence-corrected chi connectivity index (χ0v) is 13.8. The number of carbonyl (C=O) groups excluding carboxylic acids is 2. The van der Waals surface area contributed by atoms with E-state index in [4.69, 9.17) is 21.1 Å². The van der Waals surface area contributed by atoms with Crippen LogP contribution in [0.2, 0.25) is 5.02 Å². The van der Waals surface area contributed by atoms with E-state index < -0.39 is 0 Å². The van der Waals surface area contributed by atoms with Gasteiger partial charge < -0.3 is 14.8 Å². The van der Waals surface area contributed by atoms with E-state index in [-0.39, 0.29) is 17.3 Å². The van der Waals surface area contributed by atoms with Crippen LogP contribution in [0.5, 0.6) is 11.5 Å². The predicted octanol–water partition coefficient (Wildman–Crippen LogP) is 3.58. The van der Waals surface area contributed by atoms with Crippen LogP contribution in [0.15, 0.2) is 42.5 Å². The molecule has 0 radical (unpaired) electrons. The molecular formula is C18H14ClNO4. The number of fused-ring (bicyclic) bond motifs is 1. The number of amides is 1. The molecule has 1 aliphatic rings. The van der Waals surface area contributed by atoms with Crippen molar-refractivity contribution in [2.45, 2.75) is 0 Å². The quantitative estimate of drug-likeness (QED) is 0.680. The van der Waals surface area contributed by atoms with Crippen molar-refractivity contribution in [3.8, 4) is 11.5 Å². The van der Waals surface area contributed by atoms with Gasteiger partial charge in [-0.1, -0.05) is 23.7 Å². The Hall–Kier alpha value is -2.79. The summed E-state index contributed by atoms with van der Waals surface area (Å²) in [5, 5.41) is 3.11. The Bertz CT molecular complexity index is 873. The van der Waals surface area contributed by atoms with E-state index in [9.17, 15) is 9.59 Å². The molecular weight excluding hydrogens is 330 g/mol. The largest absolute Gasteiger partial charge is 0.493 e. The highest BCUT2D eigenvalue weighted by atomic mass is 35.5. The molecule has 0 aromatic heterocycles. The molecule has 1 N–H and O–H groups in total. The zero-order chi connectivity index (χ0) is 17.3. The summed E-state index contributed by atoms with van der Waals surface area (Å²) in [5.74, 6) is 0.305. The molecule has 0 saturated carbocycles. The average Bonchev–Trinajstić information content (AvgIpc) is 2.91. The van der Waals surface area contributed by atoms with Crippen LogP contribution in [0, 0.1) is 0 Å². The first-order valence-electron chi connectivity index (χ1n) is 7.13. The van der Waals surface area contributed by atoms with Crippen molar-refractivity contribution in [2.75, 3.05) is 19.5 Å². The SMILES string of the molecule is COc1ccc(C(=O)/C=C2\C(=O)Nc3c(Cl)cccc32)cc1OC. The minimum Gasteiger partial charge on any atom is -0.493 e. The zero-order valence-electron chi connectivity index (χ0n) is 13.1. The second kappa shape index (κ2) is 6.37. The number of hydrogen-bond acceptors (Lipinski definition) is 4. The third-order valence-corrected chi connectivity index (χ3v) is 4.05. The molecule has 1 amide bonds. The summed E-state index contributed by atoms with van der Waals surface area (Å²) in [7, 11) is 3.01. The van der Waals surface area contributed by atoms with E-state index in [0.29, 0.717) is 33.3 Å². The Labute approximate surface area is 143 Å². The van der Waals surface area contributed by atoms with Gasteiger partial charge in [0.25, 0.3) is 5.91 Å². The number of nitrogens with one attached hydrogen (secondary N) is 1. The van der Waals surface area contributed by atoms with Crippen molar-refractivity contribution in [3.63, 3.8) is 0 Å². The lowest BCUT2D eigenvalue weighted by Crippen LogP contribution is -2.06. The molecule has 122 valence electrons. The highest BCUT2D eigenvalue weighted by Crippen LogP contribution is 2.37. The monoisotopic (exact) mass is 343 g/mol. The molecule has 0 spiro atoms. The summed E-state index contributed by atoms with van der Waals surface area (Å²) in [4.78, 5) is 24.7. The van der Waals surface area contributed by atoms with Crippen LogP contribution in [0.25, 0.3) is 5.57 Å². The van der Waals surface area contributed by atoms with E-state index in [1.54, 1.807) is 36.4 Å². The fourth-order valence-electron chi connectivity index (χ4n) is 2.53. The number of rotatable bonds is 4. The van der Waals surface area contributed by atoms with Gasteiger partial charge in [-0.05, 0) is 30.3 Å². The number of benzene rings is 2. The molecule has 0 aliphatic carbocycles. The van der Waals surface area contributed by atoms with E-state index in [0.717, 1.165) is 0 Å². The molecule has 3 rings (SSSR count). The number of ketones is 1. The lowest BCUT2D eigenvalue weighted by atomic mass is 10.0. The van der Waals surface area contributed by atoms with Crippen LogP contribution in [0.3, 0.4) is 0 Å². The summed E-state index contributed by atoms with van der Waals surface area (Å²) in [5.41, 5.74) is 1.81. The lowest BCUT2D eigenvalue weighted by Gasteiger charge is -2.08. The first kappa shape index (κ1) is 16.1. The van der Waals surface area contributed by atoms with Gasteiger partial charge in [-0.3, -0.25) is 9.59 Å². The van der Waals surface area contributed by atoms with Crippen LogP contribution in [-0.2, 0) is 4.79 Å². The number of halogens is 1. The molecule has 0 atom stereocenters. The molecule has 0 unspecified atom stereocenters. The molecule has 6 heteroatoms. The highest BCUT2D eigenvalue weighted by molar-refractivity contribution is 6.40. The van der Waals surface area contributed by atoms with E-state index in [2.05, 4.69) is 5.32 Å². The molecule has 5 nitrogen and oxygen atoms in total. The first-order valence-corrected chi connectivity index (χ1v) is 7.51. The van der Waals surface area contributed by atoms with E-state index in [1.807, 2.05) is 0 Å². The molecule has 1 aliphatic heterocycles. The third-order valence-electron chi connectivity index (χ3n) is 3.73. The second-order valence-electron chi connectivity index (χ2n) is 5.11. The molecule has 2 aromatic rings. The molecule has 0 bridgehead atoms. The highest BCUT2D eigenvalue weighted by Gasteiger charge is 2.26. The smallest absolute Gasteiger partial charge is 0.256 e. The number of hydrogen-bond donors (Lipinski definition) is 1. The number of methoxy groups -OCH3 is 2. The summed E-state index contributed by atoms with van der Waals surface area (Å²) >= 11 is 6.07. The Kier molecular flexibility index (Phi) is 4.27. The van der Waals surface area contributed by atoms with Crippen LogP contribution in [-0.4, -0.2) is 25.9 Å². The van der Waals surface area contributed by atoms with Crippen LogP contribution >= 0.6 is 11.6 Å². The summed E-state index contributed by atoms with van der Waals surface area (Å²) in [6, 6.07) is 9.99. The maximum Gasteiger partial charge on any atom is 0.256 e. The maximum absolute atomic E-state index is 12.5. The van der Waals surface area contributed by atoms with Gasteiger partial charge in [0.15, 0.2) is 17.3 Å². The lowest BCUT2D eigenvalue weighted by molar-refractivity contribution is -0.110. The summed E-state index contributed by atoms with van der Waals surface area (Å²) in [6.45, 7) is 0. The van der Waals surface area contributed by atoms with Gasteiger partial charge in [0.05, 0.1) is 30.5 Å². The van der Waals surface area contributed by atoms with E-state index in [1.165, 1.54) is 20.3 Å². The number of carbonyl (C=O) groups is 2. The van der Waals surface area contributed by atoms with Crippen molar-refractivity contribution >= 4 is 34.6 Å². The maximum atomic E-state index is 12.5.